The molecule has 0 aliphatic heterocycles. The van der Waals surface area contributed by atoms with Crippen LogP contribution in [0.5, 0.6) is 0 Å². The number of rotatable bonds is 8. The molecule has 0 aromatic heterocycles. The fraction of sp³-hybridized carbons (Fsp3) is 0.200. The van der Waals surface area contributed by atoms with Crippen molar-refractivity contribution in [3.63, 3.8) is 0 Å². The van der Waals surface area contributed by atoms with Crippen LogP contribution in [0.3, 0.4) is 0 Å². The second-order valence-electron chi connectivity index (χ2n) is 8.15. The van der Waals surface area contributed by atoms with E-state index in [9.17, 15) is 23.3 Å². The van der Waals surface area contributed by atoms with E-state index < -0.39 is 27.4 Å². The van der Waals surface area contributed by atoms with E-state index in [0.717, 1.165) is 15.4 Å². The number of anilines is 1. The number of non-ortho nitro benzene ring substituents is 1. The quantitative estimate of drug-likeness (QED) is 0.285. The summed E-state index contributed by atoms with van der Waals surface area (Å²) in [6.07, 6.45) is 0. The van der Waals surface area contributed by atoms with Crippen LogP contribution in [0.1, 0.15) is 29.2 Å². The van der Waals surface area contributed by atoms with Gasteiger partial charge in [0, 0.05) is 17.7 Å². The minimum atomic E-state index is -4.06. The molecule has 0 spiro atoms. The van der Waals surface area contributed by atoms with E-state index in [-0.39, 0.29) is 10.6 Å². The molecule has 0 saturated heterocycles. The van der Waals surface area contributed by atoms with Gasteiger partial charge in [0.05, 0.1) is 21.2 Å². The number of hydrogen-bond donors (Lipinski definition) is 1. The van der Waals surface area contributed by atoms with Gasteiger partial charge in [0.15, 0.2) is 0 Å². The molecule has 0 radical (unpaired) electrons. The molecule has 3 aromatic rings. The summed E-state index contributed by atoms with van der Waals surface area (Å²) in [5.74, 6) is -0.662. The van der Waals surface area contributed by atoms with E-state index in [1.54, 1.807) is 44.2 Å². The Kier molecular flexibility index (Phi) is 7.65. The number of hydrazone groups is 1. The Morgan fingerprint density at radius 2 is 1.66 bits per heavy atom. The number of nitro benzene ring substituents is 1. The summed E-state index contributed by atoms with van der Waals surface area (Å²) >= 11 is 0. The van der Waals surface area contributed by atoms with Gasteiger partial charge in [-0.05, 0) is 51.5 Å². The average Bonchev–Trinajstić information content (AvgIpc) is 2.81. The van der Waals surface area contributed by atoms with Crippen LogP contribution in [0.25, 0.3) is 0 Å². The van der Waals surface area contributed by atoms with Gasteiger partial charge in [-0.25, -0.2) is 13.8 Å². The third-order valence-corrected chi connectivity index (χ3v) is 7.11. The Balaban J connectivity index is 1.91. The van der Waals surface area contributed by atoms with E-state index in [1.165, 1.54) is 30.3 Å². The Morgan fingerprint density at radius 3 is 2.29 bits per heavy atom. The highest BCUT2D eigenvalue weighted by Crippen LogP contribution is 2.27. The maximum Gasteiger partial charge on any atom is 0.270 e. The third-order valence-electron chi connectivity index (χ3n) is 5.34. The summed E-state index contributed by atoms with van der Waals surface area (Å²) in [6.45, 7) is 6.61. The second kappa shape index (κ2) is 10.5. The molecule has 10 heteroatoms. The highest BCUT2D eigenvalue weighted by atomic mass is 32.2. The number of nitrogens with one attached hydrogen (secondary N) is 1. The van der Waals surface area contributed by atoms with Crippen LogP contribution in [-0.4, -0.2) is 31.5 Å². The first-order valence-corrected chi connectivity index (χ1v) is 12.2. The smallest absolute Gasteiger partial charge is 0.270 e. The molecule has 0 saturated carbocycles. The van der Waals surface area contributed by atoms with Crippen LogP contribution in [0, 0.1) is 30.9 Å². The fourth-order valence-electron chi connectivity index (χ4n) is 3.44. The van der Waals surface area contributed by atoms with Crippen LogP contribution in [0.2, 0.25) is 0 Å². The van der Waals surface area contributed by atoms with Gasteiger partial charge in [0.1, 0.15) is 6.54 Å². The zero-order valence-electron chi connectivity index (χ0n) is 19.8. The summed E-state index contributed by atoms with van der Waals surface area (Å²) in [6, 6.07) is 17.5. The van der Waals surface area contributed by atoms with Crippen LogP contribution >= 0.6 is 0 Å². The summed E-state index contributed by atoms with van der Waals surface area (Å²) < 4.78 is 28.1. The van der Waals surface area contributed by atoms with Gasteiger partial charge < -0.3 is 0 Å². The van der Waals surface area contributed by atoms with Crippen molar-refractivity contribution in [2.75, 3.05) is 10.8 Å². The second-order valence-corrected chi connectivity index (χ2v) is 10.0. The first-order chi connectivity index (χ1) is 16.5. The van der Waals surface area contributed by atoms with Crippen molar-refractivity contribution >= 4 is 33.0 Å². The van der Waals surface area contributed by atoms with Gasteiger partial charge in [0.2, 0.25) is 0 Å². The van der Waals surface area contributed by atoms with Gasteiger partial charge in [-0.1, -0.05) is 47.5 Å². The molecule has 1 N–H and O–H groups in total. The first kappa shape index (κ1) is 25.6. The zero-order chi connectivity index (χ0) is 25.8. The zero-order valence-corrected chi connectivity index (χ0v) is 20.7. The minimum absolute atomic E-state index is 0.0622. The predicted octanol–water partition coefficient (Wildman–Crippen LogP) is 4.26. The van der Waals surface area contributed by atoms with Crippen LogP contribution in [0.15, 0.2) is 76.7 Å². The molecule has 0 heterocycles. The number of carbonyl (C=O) groups excluding carboxylic acids is 1. The van der Waals surface area contributed by atoms with E-state index in [2.05, 4.69) is 10.5 Å². The van der Waals surface area contributed by atoms with Crippen molar-refractivity contribution in [3.05, 3.63) is 99.1 Å². The minimum Gasteiger partial charge on any atom is -0.271 e. The van der Waals surface area contributed by atoms with E-state index in [4.69, 9.17) is 0 Å². The molecule has 0 aliphatic carbocycles. The van der Waals surface area contributed by atoms with Gasteiger partial charge >= 0.3 is 0 Å². The van der Waals surface area contributed by atoms with Crippen LogP contribution < -0.4 is 9.73 Å². The highest BCUT2D eigenvalue weighted by molar-refractivity contribution is 7.92. The largest absolute Gasteiger partial charge is 0.271 e. The van der Waals surface area contributed by atoms with Crippen LogP contribution in [-0.2, 0) is 14.8 Å². The van der Waals surface area contributed by atoms with Gasteiger partial charge in [-0.15, -0.1) is 0 Å². The molecule has 0 unspecified atom stereocenters. The van der Waals surface area contributed by atoms with Crippen molar-refractivity contribution in [1.29, 1.82) is 0 Å². The van der Waals surface area contributed by atoms with Crippen molar-refractivity contribution in [3.8, 4) is 0 Å². The average molecular weight is 495 g/mol. The Labute approximate surface area is 204 Å². The highest BCUT2D eigenvalue weighted by Gasteiger charge is 2.28. The molecule has 3 aromatic carbocycles. The van der Waals surface area contributed by atoms with Crippen LogP contribution in [0.4, 0.5) is 11.4 Å². The number of benzene rings is 3. The molecule has 0 aliphatic rings. The summed E-state index contributed by atoms with van der Waals surface area (Å²) in [4.78, 5) is 23.4. The van der Waals surface area contributed by atoms with E-state index in [0.29, 0.717) is 22.5 Å². The summed E-state index contributed by atoms with van der Waals surface area (Å²) in [7, 11) is -4.06. The number of sulfonamides is 1. The lowest BCUT2D eigenvalue weighted by Gasteiger charge is -2.25. The molecular weight excluding hydrogens is 468 g/mol. The van der Waals surface area contributed by atoms with Crippen molar-refractivity contribution in [2.45, 2.75) is 32.6 Å². The van der Waals surface area contributed by atoms with Gasteiger partial charge in [-0.2, -0.15) is 5.10 Å². The summed E-state index contributed by atoms with van der Waals surface area (Å²) in [5.41, 5.74) is 6.00. The topological polar surface area (TPSA) is 122 Å². The molecular formula is C25H26N4O5S. The number of hydrogen-bond acceptors (Lipinski definition) is 6. The van der Waals surface area contributed by atoms with E-state index >= 15 is 0 Å². The fourth-order valence-corrected chi connectivity index (χ4v) is 4.93. The number of amides is 1. The lowest BCUT2D eigenvalue weighted by molar-refractivity contribution is -0.384. The molecule has 0 bridgehead atoms. The normalized spacial score (nSPS) is 11.7. The lowest BCUT2D eigenvalue weighted by atomic mass is 10.1. The van der Waals surface area contributed by atoms with Crippen molar-refractivity contribution in [2.24, 2.45) is 5.10 Å². The molecule has 35 heavy (non-hydrogen) atoms. The Bertz CT molecular complexity index is 1400. The van der Waals surface area contributed by atoms with Gasteiger partial charge in [0.25, 0.3) is 21.6 Å². The number of aryl methyl sites for hydroxylation is 3. The molecule has 9 nitrogen and oxygen atoms in total. The third kappa shape index (κ3) is 6.10. The number of nitrogens with zero attached hydrogens (tertiary/aromatic N) is 3. The maximum atomic E-state index is 13.5. The van der Waals surface area contributed by atoms with Crippen molar-refractivity contribution in [1.82, 2.24) is 5.43 Å². The lowest BCUT2D eigenvalue weighted by Crippen LogP contribution is -2.40. The van der Waals surface area contributed by atoms with E-state index in [1.807, 2.05) is 19.9 Å². The van der Waals surface area contributed by atoms with Crippen molar-refractivity contribution < 1.29 is 18.1 Å². The molecule has 0 fully saturated rings. The monoisotopic (exact) mass is 494 g/mol. The summed E-state index contributed by atoms with van der Waals surface area (Å²) in [5, 5.41) is 15.0. The standard InChI is InChI=1S/C25H26N4O5S/c1-17-8-11-23(12-9-17)35(33,34)28(24-13-10-18(2)14-19(24)3)16-25(30)27-26-20(4)21-6-5-7-22(15-21)29(31)32/h5-15H,16H2,1-4H3,(H,27,30)/b26-20-. The molecule has 182 valence electrons. The number of nitro groups is 1. The molecule has 0 atom stereocenters. The molecule has 3 rings (SSSR count). The van der Waals surface area contributed by atoms with Gasteiger partial charge in [-0.3, -0.25) is 19.2 Å². The Morgan fingerprint density at radius 1 is 1.00 bits per heavy atom. The SMILES string of the molecule is C/C(=N/NC(=O)CN(c1ccc(C)cc1C)S(=O)(=O)c1ccc(C)cc1)c1cccc([N+](=O)[O-])c1. The maximum absolute atomic E-state index is 13.5. The predicted molar refractivity (Wildman–Crippen MR) is 135 cm³/mol. The number of carbonyl (C=O) groups is 1. The first-order valence-electron chi connectivity index (χ1n) is 10.7. The Hall–Kier alpha value is -4.05. The molecule has 1 amide bonds.